The SMILES string of the molecule is CSc1nc(C)n2ncc(C)c2n1. The van der Waals surface area contributed by atoms with Gasteiger partial charge in [-0.1, -0.05) is 11.8 Å². The number of hydrogen-bond donors (Lipinski definition) is 0. The molecule has 0 bridgehead atoms. The Morgan fingerprint density at radius 3 is 2.77 bits per heavy atom. The summed E-state index contributed by atoms with van der Waals surface area (Å²) >= 11 is 1.55. The maximum atomic E-state index is 4.37. The van der Waals surface area contributed by atoms with Crippen molar-refractivity contribution in [1.82, 2.24) is 19.6 Å². The van der Waals surface area contributed by atoms with Crippen molar-refractivity contribution in [3.05, 3.63) is 17.6 Å². The van der Waals surface area contributed by atoms with Crippen LogP contribution in [-0.4, -0.2) is 25.8 Å². The first kappa shape index (κ1) is 8.50. The normalized spacial score (nSPS) is 11.0. The minimum atomic E-state index is 0.800. The van der Waals surface area contributed by atoms with Gasteiger partial charge in [-0.25, -0.2) is 14.5 Å². The highest BCUT2D eigenvalue weighted by atomic mass is 32.2. The van der Waals surface area contributed by atoms with Gasteiger partial charge in [-0.2, -0.15) is 5.10 Å². The van der Waals surface area contributed by atoms with Crippen molar-refractivity contribution in [2.24, 2.45) is 0 Å². The molecule has 0 fully saturated rings. The van der Waals surface area contributed by atoms with E-state index in [1.54, 1.807) is 22.5 Å². The molecule has 0 aliphatic heterocycles. The van der Waals surface area contributed by atoms with Crippen LogP contribution in [0.4, 0.5) is 0 Å². The van der Waals surface area contributed by atoms with Gasteiger partial charge in [0.25, 0.3) is 0 Å². The second-order valence-corrected chi connectivity index (χ2v) is 3.59. The number of thioether (sulfide) groups is 1. The van der Waals surface area contributed by atoms with E-state index in [1.165, 1.54) is 0 Å². The summed E-state index contributed by atoms with van der Waals surface area (Å²) in [4.78, 5) is 8.65. The molecule has 0 spiro atoms. The van der Waals surface area contributed by atoms with Crippen LogP contribution in [0, 0.1) is 13.8 Å². The standard InChI is InChI=1S/C8H10N4S/c1-5-4-9-12-6(2)10-8(13-3)11-7(5)12/h4H,1-3H3. The van der Waals surface area contributed by atoms with E-state index in [4.69, 9.17) is 0 Å². The predicted molar refractivity (Wildman–Crippen MR) is 52.0 cm³/mol. The lowest BCUT2D eigenvalue weighted by atomic mass is 10.4. The Bertz CT molecular complexity index is 449. The summed E-state index contributed by atoms with van der Waals surface area (Å²) in [7, 11) is 0. The molecule has 0 radical (unpaired) electrons. The van der Waals surface area contributed by atoms with Crippen LogP contribution in [0.2, 0.25) is 0 Å². The lowest BCUT2D eigenvalue weighted by molar-refractivity contribution is 0.786. The third kappa shape index (κ3) is 1.29. The van der Waals surface area contributed by atoms with E-state index in [1.807, 2.05) is 20.1 Å². The average molecular weight is 194 g/mol. The summed E-state index contributed by atoms with van der Waals surface area (Å²) in [6.45, 7) is 3.93. The van der Waals surface area contributed by atoms with Gasteiger partial charge >= 0.3 is 0 Å². The van der Waals surface area contributed by atoms with Crippen molar-refractivity contribution in [2.45, 2.75) is 19.0 Å². The van der Waals surface area contributed by atoms with Gasteiger partial charge in [-0.05, 0) is 20.1 Å². The maximum absolute atomic E-state index is 4.37. The fraction of sp³-hybridized carbons (Fsp3) is 0.375. The molecule has 0 saturated heterocycles. The first-order valence-electron chi connectivity index (χ1n) is 3.95. The van der Waals surface area contributed by atoms with Gasteiger partial charge < -0.3 is 0 Å². The van der Waals surface area contributed by atoms with E-state index in [0.717, 1.165) is 22.2 Å². The number of rotatable bonds is 1. The van der Waals surface area contributed by atoms with E-state index in [2.05, 4.69) is 15.1 Å². The van der Waals surface area contributed by atoms with Gasteiger partial charge in [0.05, 0.1) is 6.20 Å². The molecule has 0 unspecified atom stereocenters. The van der Waals surface area contributed by atoms with Crippen LogP contribution in [0.15, 0.2) is 11.4 Å². The topological polar surface area (TPSA) is 43.1 Å². The lowest BCUT2D eigenvalue weighted by Gasteiger charge is -2.00. The van der Waals surface area contributed by atoms with Crippen LogP contribution < -0.4 is 0 Å². The fourth-order valence-corrected chi connectivity index (χ4v) is 1.59. The van der Waals surface area contributed by atoms with Crippen molar-refractivity contribution in [1.29, 1.82) is 0 Å². The summed E-state index contributed by atoms with van der Waals surface area (Å²) in [6.07, 6.45) is 3.78. The number of hydrogen-bond acceptors (Lipinski definition) is 4. The Morgan fingerprint density at radius 2 is 2.08 bits per heavy atom. The Hall–Kier alpha value is -1.10. The molecular weight excluding hydrogens is 184 g/mol. The highest BCUT2D eigenvalue weighted by Gasteiger charge is 2.06. The molecule has 0 N–H and O–H groups in total. The second-order valence-electron chi connectivity index (χ2n) is 2.82. The average Bonchev–Trinajstić information content (AvgIpc) is 2.48. The number of nitrogens with zero attached hydrogens (tertiary/aromatic N) is 4. The van der Waals surface area contributed by atoms with Gasteiger partial charge in [-0.15, -0.1) is 0 Å². The fourth-order valence-electron chi connectivity index (χ4n) is 1.19. The van der Waals surface area contributed by atoms with Crippen LogP contribution >= 0.6 is 11.8 Å². The predicted octanol–water partition coefficient (Wildman–Crippen LogP) is 1.46. The van der Waals surface area contributed by atoms with Crippen molar-refractivity contribution < 1.29 is 0 Å². The second kappa shape index (κ2) is 2.99. The van der Waals surface area contributed by atoms with E-state index in [-0.39, 0.29) is 0 Å². The molecule has 0 aliphatic rings. The zero-order chi connectivity index (χ0) is 9.42. The van der Waals surface area contributed by atoms with Gasteiger partial charge in [-0.3, -0.25) is 0 Å². The zero-order valence-electron chi connectivity index (χ0n) is 7.77. The van der Waals surface area contributed by atoms with Gasteiger partial charge in [0, 0.05) is 5.56 Å². The first-order valence-corrected chi connectivity index (χ1v) is 5.18. The minimum absolute atomic E-state index is 0.800. The number of fused-ring (bicyclic) bond motifs is 1. The van der Waals surface area contributed by atoms with Crippen molar-refractivity contribution in [3.8, 4) is 0 Å². The van der Waals surface area contributed by atoms with Crippen molar-refractivity contribution in [3.63, 3.8) is 0 Å². The van der Waals surface area contributed by atoms with Crippen LogP contribution in [0.25, 0.3) is 5.65 Å². The smallest absolute Gasteiger partial charge is 0.191 e. The summed E-state index contributed by atoms with van der Waals surface area (Å²) in [5, 5.41) is 4.98. The van der Waals surface area contributed by atoms with Crippen LogP contribution in [0.3, 0.4) is 0 Å². The monoisotopic (exact) mass is 194 g/mol. The van der Waals surface area contributed by atoms with Crippen LogP contribution in [-0.2, 0) is 0 Å². The molecule has 68 valence electrons. The van der Waals surface area contributed by atoms with Crippen LogP contribution in [0.1, 0.15) is 11.4 Å². The molecule has 2 aromatic heterocycles. The molecule has 0 atom stereocenters. The van der Waals surface area contributed by atoms with E-state index in [9.17, 15) is 0 Å². The largest absolute Gasteiger partial charge is 0.208 e. The Morgan fingerprint density at radius 1 is 1.31 bits per heavy atom. The Balaban J connectivity index is 2.80. The Labute approximate surface area is 80.4 Å². The van der Waals surface area contributed by atoms with E-state index < -0.39 is 0 Å². The molecule has 2 aromatic rings. The highest BCUT2D eigenvalue weighted by molar-refractivity contribution is 7.98. The molecule has 4 nitrogen and oxygen atoms in total. The quantitative estimate of drug-likeness (QED) is 0.645. The summed E-state index contributed by atoms with van der Waals surface area (Å²) in [5.41, 5.74) is 1.98. The molecule has 0 aliphatic carbocycles. The van der Waals surface area contributed by atoms with Gasteiger partial charge in [0.2, 0.25) is 0 Å². The van der Waals surface area contributed by atoms with Gasteiger partial charge in [0.1, 0.15) is 5.82 Å². The molecule has 0 saturated carbocycles. The van der Waals surface area contributed by atoms with Crippen molar-refractivity contribution in [2.75, 3.05) is 6.26 Å². The van der Waals surface area contributed by atoms with E-state index >= 15 is 0 Å². The zero-order valence-corrected chi connectivity index (χ0v) is 8.59. The third-order valence-electron chi connectivity index (χ3n) is 1.87. The number of aromatic nitrogens is 4. The van der Waals surface area contributed by atoms with E-state index in [0.29, 0.717) is 0 Å². The highest BCUT2D eigenvalue weighted by Crippen LogP contribution is 2.13. The molecule has 5 heteroatoms. The first-order chi connectivity index (χ1) is 6.22. The van der Waals surface area contributed by atoms with Gasteiger partial charge in [0.15, 0.2) is 10.8 Å². The molecule has 2 heterocycles. The lowest BCUT2D eigenvalue weighted by Crippen LogP contribution is -2.01. The minimum Gasteiger partial charge on any atom is -0.208 e. The van der Waals surface area contributed by atoms with Crippen LogP contribution in [0.5, 0.6) is 0 Å². The maximum Gasteiger partial charge on any atom is 0.191 e. The summed E-state index contributed by atoms with van der Waals surface area (Å²) in [5.74, 6) is 0.877. The third-order valence-corrected chi connectivity index (χ3v) is 2.42. The Kier molecular flexibility index (Phi) is 1.95. The molecule has 0 aromatic carbocycles. The molecule has 13 heavy (non-hydrogen) atoms. The van der Waals surface area contributed by atoms with Crippen molar-refractivity contribution >= 4 is 17.4 Å². The molecule has 0 amide bonds. The summed E-state index contributed by atoms with van der Waals surface area (Å²) in [6, 6.07) is 0. The molecular formula is C8H10N4S. The molecule has 2 rings (SSSR count). The summed E-state index contributed by atoms with van der Waals surface area (Å²) < 4.78 is 1.76. The number of aryl methyl sites for hydroxylation is 2.